The second kappa shape index (κ2) is 0.521. The predicted octanol–water partition coefficient (Wildman–Crippen LogP) is 1.81. The molecule has 5 rings (SSSR count). The van der Waals surface area contributed by atoms with Crippen LogP contribution in [0, 0.1) is 22.7 Å². The summed E-state index contributed by atoms with van der Waals surface area (Å²) in [5.74, 6) is 2.58. The van der Waals surface area contributed by atoms with Crippen LogP contribution < -0.4 is 0 Å². The van der Waals surface area contributed by atoms with Crippen molar-refractivity contribution < 1.29 is 0 Å². The molecule has 5 aliphatic rings. The molecule has 8 heavy (non-hydrogen) atoms. The van der Waals surface area contributed by atoms with E-state index in [-0.39, 0.29) is 0 Å². The molecule has 0 N–H and O–H groups in total. The third kappa shape index (κ3) is 0.104. The largest absolute Gasteiger partial charge is 0.0467 e. The van der Waals surface area contributed by atoms with E-state index in [0.29, 0.717) is 0 Å². The summed E-state index contributed by atoms with van der Waals surface area (Å²) in [6.45, 7) is 0. The molecule has 0 radical (unpaired) electrons. The molecule has 5 saturated carbocycles. The van der Waals surface area contributed by atoms with Crippen LogP contribution in [-0.2, 0) is 0 Å². The van der Waals surface area contributed by atoms with Crippen LogP contribution in [0.5, 0.6) is 0 Å². The summed E-state index contributed by atoms with van der Waals surface area (Å²) in [7, 11) is 0. The molecule has 0 aromatic heterocycles. The minimum atomic E-state index is 1.00. The van der Waals surface area contributed by atoms with Gasteiger partial charge in [0.25, 0.3) is 0 Å². The summed E-state index contributed by atoms with van der Waals surface area (Å²) >= 11 is 0. The van der Waals surface area contributed by atoms with E-state index in [2.05, 4.69) is 0 Å². The van der Waals surface area contributed by atoms with Gasteiger partial charge in [0.15, 0.2) is 0 Å². The quantitative estimate of drug-likeness (QED) is 0.441. The van der Waals surface area contributed by atoms with Gasteiger partial charge in [-0.2, -0.15) is 0 Å². The predicted molar refractivity (Wildman–Crippen MR) is 30.3 cm³/mol. The third-order valence-corrected chi connectivity index (χ3v) is 4.71. The van der Waals surface area contributed by atoms with E-state index in [9.17, 15) is 0 Å². The smallest absolute Gasteiger partial charge is 0.0224 e. The summed E-state index contributed by atoms with van der Waals surface area (Å²) < 4.78 is 0. The molecule has 0 heterocycles. The summed E-state index contributed by atoms with van der Waals surface area (Å²) in [6, 6.07) is 0. The van der Waals surface area contributed by atoms with Gasteiger partial charge in [0.1, 0.15) is 0 Å². The Hall–Kier alpha value is 0. The summed E-state index contributed by atoms with van der Waals surface area (Å²) in [5, 5.41) is 0. The van der Waals surface area contributed by atoms with Crippen molar-refractivity contribution in [3.63, 3.8) is 0 Å². The maximum absolute atomic E-state index is 1.66. The first-order chi connectivity index (χ1) is 3.88. The van der Waals surface area contributed by atoms with E-state index in [1.54, 1.807) is 25.7 Å². The zero-order valence-electron chi connectivity index (χ0n) is 4.98. The Kier molecular flexibility index (Phi) is 0.211. The molecule has 0 aromatic rings. The lowest BCUT2D eigenvalue weighted by atomic mass is 9.64. The zero-order valence-corrected chi connectivity index (χ0v) is 4.98. The van der Waals surface area contributed by atoms with Crippen molar-refractivity contribution in [2.75, 3.05) is 0 Å². The Morgan fingerprint density at radius 2 is 2.25 bits per heavy atom. The molecule has 4 unspecified atom stereocenters. The Morgan fingerprint density at radius 1 is 1.25 bits per heavy atom. The number of hydrogen-bond donors (Lipinski definition) is 0. The molecule has 0 nitrogen and oxygen atoms in total. The molecule has 0 aromatic carbocycles. The van der Waals surface area contributed by atoms with E-state index in [0.717, 1.165) is 10.8 Å². The highest BCUT2D eigenvalue weighted by Crippen LogP contribution is 2.99. The van der Waals surface area contributed by atoms with Crippen LogP contribution in [-0.4, -0.2) is 0 Å². The molecule has 5 aliphatic carbocycles. The van der Waals surface area contributed by atoms with Crippen molar-refractivity contribution in [3.05, 3.63) is 0 Å². The number of fused-ring (bicyclic) bond motifs is 1. The first-order valence-electron chi connectivity index (χ1n) is 3.88. The van der Waals surface area contributed by atoms with Gasteiger partial charge in [0.05, 0.1) is 0 Å². The van der Waals surface area contributed by atoms with Crippen LogP contribution in [0.2, 0.25) is 0 Å². The highest BCUT2D eigenvalue weighted by Gasteiger charge is 2.92. The molecule has 5 fully saturated rings. The molecule has 0 aliphatic heterocycles. The van der Waals surface area contributed by atoms with E-state index in [4.69, 9.17) is 0 Å². The Morgan fingerprint density at radius 3 is 2.38 bits per heavy atom. The molecular weight excluding hydrogens is 96.1 g/mol. The van der Waals surface area contributed by atoms with Crippen molar-refractivity contribution in [1.82, 2.24) is 0 Å². The van der Waals surface area contributed by atoms with Crippen LogP contribution in [0.4, 0.5) is 0 Å². The van der Waals surface area contributed by atoms with Gasteiger partial charge in [0, 0.05) is 0 Å². The number of hydrogen-bond acceptors (Lipinski definition) is 0. The van der Waals surface area contributed by atoms with Crippen molar-refractivity contribution in [1.29, 1.82) is 0 Å². The van der Waals surface area contributed by atoms with Crippen molar-refractivity contribution in [3.8, 4) is 0 Å². The van der Waals surface area contributed by atoms with Crippen molar-refractivity contribution in [2.45, 2.75) is 25.7 Å². The van der Waals surface area contributed by atoms with Gasteiger partial charge in [-0.25, -0.2) is 0 Å². The van der Waals surface area contributed by atoms with Crippen LogP contribution >= 0.6 is 0 Å². The summed E-state index contributed by atoms with van der Waals surface area (Å²) in [6.07, 6.45) is 6.56. The fourth-order valence-electron chi connectivity index (χ4n) is 4.54. The molecule has 2 bridgehead atoms. The van der Waals surface area contributed by atoms with Crippen LogP contribution in [0.15, 0.2) is 0 Å². The van der Waals surface area contributed by atoms with Gasteiger partial charge in [-0.15, -0.1) is 0 Å². The zero-order chi connectivity index (χ0) is 4.98. The van der Waals surface area contributed by atoms with Crippen LogP contribution in [0.1, 0.15) is 25.7 Å². The maximum atomic E-state index is 1.66. The molecule has 42 valence electrons. The van der Waals surface area contributed by atoms with Gasteiger partial charge >= 0.3 is 0 Å². The Labute approximate surface area is 49.3 Å². The Bertz CT molecular complexity index is 181. The van der Waals surface area contributed by atoms with Gasteiger partial charge in [-0.1, -0.05) is 0 Å². The monoisotopic (exact) mass is 106 g/mol. The van der Waals surface area contributed by atoms with Gasteiger partial charge in [-0.3, -0.25) is 0 Å². The van der Waals surface area contributed by atoms with Crippen molar-refractivity contribution in [2.24, 2.45) is 22.7 Å². The highest BCUT2D eigenvalue weighted by molar-refractivity contribution is 5.40. The molecule has 2 spiro atoms. The second-order valence-corrected chi connectivity index (χ2v) is 4.56. The second-order valence-electron chi connectivity index (χ2n) is 4.56. The van der Waals surface area contributed by atoms with Gasteiger partial charge < -0.3 is 0 Å². The van der Waals surface area contributed by atoms with E-state index in [1.165, 1.54) is 11.8 Å². The van der Waals surface area contributed by atoms with Gasteiger partial charge in [-0.05, 0) is 48.3 Å². The first kappa shape index (κ1) is 3.24. The van der Waals surface area contributed by atoms with Gasteiger partial charge in [0.2, 0.25) is 0 Å². The fraction of sp³-hybridized carbons (Fsp3) is 1.00. The third-order valence-electron chi connectivity index (χ3n) is 4.71. The SMILES string of the molecule is C1CC23CC14CC2C43. The van der Waals surface area contributed by atoms with Crippen molar-refractivity contribution >= 4 is 0 Å². The molecule has 0 heteroatoms. The average molecular weight is 106 g/mol. The van der Waals surface area contributed by atoms with E-state index in [1.807, 2.05) is 0 Å². The molecule has 0 amide bonds. The minimum Gasteiger partial charge on any atom is -0.0467 e. The molecule has 4 atom stereocenters. The standard InChI is InChI=1S/C8H10/c1-2-8-4-7(1)3-5(8)6(7)8/h5-6H,1-4H2. The lowest BCUT2D eigenvalue weighted by Gasteiger charge is -2.40. The minimum absolute atomic E-state index is 1.00. The van der Waals surface area contributed by atoms with Crippen LogP contribution in [0.3, 0.4) is 0 Å². The first-order valence-corrected chi connectivity index (χ1v) is 3.88. The van der Waals surface area contributed by atoms with E-state index < -0.39 is 0 Å². The lowest BCUT2D eigenvalue weighted by molar-refractivity contribution is 0.0881. The highest BCUT2D eigenvalue weighted by atomic mass is 15.0. The van der Waals surface area contributed by atoms with Crippen LogP contribution in [0.25, 0.3) is 0 Å². The molecular formula is C8H10. The number of rotatable bonds is 0. The molecule has 0 saturated heterocycles. The lowest BCUT2D eigenvalue weighted by Crippen LogP contribution is -2.32. The summed E-state index contributed by atoms with van der Waals surface area (Å²) in [5.41, 5.74) is 2.03. The summed E-state index contributed by atoms with van der Waals surface area (Å²) in [4.78, 5) is 0. The normalized spacial score (nSPS) is 87.0. The topological polar surface area (TPSA) is 0 Å². The van der Waals surface area contributed by atoms with E-state index >= 15 is 0 Å². The maximum Gasteiger partial charge on any atom is -0.0224 e. The fourth-order valence-corrected chi connectivity index (χ4v) is 4.54. The average Bonchev–Trinajstić information content (AvgIpc) is 2.20. The Balaban J connectivity index is 2.14.